The number of hydrogen-bond donors (Lipinski definition) is 2. The van der Waals surface area contributed by atoms with Crippen LogP contribution in [0.1, 0.15) is 24.0 Å². The lowest BCUT2D eigenvalue weighted by molar-refractivity contribution is -0.131. The standard InChI is InChI=1S/C14H15NO3/c1-9-8-10(3-7-13(16)17)2-6-12(9)15-14(18)11-4-5-11/h2-3,6-8,11H,4-5H2,1H3,(H,15,18)(H,16,17)/b7-3+. The maximum Gasteiger partial charge on any atom is 0.328 e. The third-order valence-corrected chi connectivity index (χ3v) is 2.87. The van der Waals surface area contributed by atoms with E-state index in [0.29, 0.717) is 0 Å². The molecule has 2 N–H and O–H groups in total. The van der Waals surface area contributed by atoms with Gasteiger partial charge in [0.2, 0.25) is 5.91 Å². The van der Waals surface area contributed by atoms with E-state index in [-0.39, 0.29) is 11.8 Å². The highest BCUT2D eigenvalue weighted by atomic mass is 16.4. The molecule has 1 saturated carbocycles. The number of amides is 1. The van der Waals surface area contributed by atoms with Crippen LogP contribution in [0.2, 0.25) is 0 Å². The van der Waals surface area contributed by atoms with Crippen molar-refractivity contribution in [3.05, 3.63) is 35.4 Å². The first kappa shape index (κ1) is 12.4. The number of rotatable bonds is 4. The quantitative estimate of drug-likeness (QED) is 0.801. The second-order valence-corrected chi connectivity index (χ2v) is 4.51. The smallest absolute Gasteiger partial charge is 0.328 e. The minimum absolute atomic E-state index is 0.0759. The fourth-order valence-corrected chi connectivity index (χ4v) is 1.68. The summed E-state index contributed by atoms with van der Waals surface area (Å²) in [5, 5.41) is 11.4. The zero-order chi connectivity index (χ0) is 13.1. The van der Waals surface area contributed by atoms with Crippen LogP contribution in [0.15, 0.2) is 24.3 Å². The molecule has 0 radical (unpaired) electrons. The van der Waals surface area contributed by atoms with Gasteiger partial charge in [-0.3, -0.25) is 4.79 Å². The number of aryl methyl sites for hydroxylation is 1. The number of carbonyl (C=O) groups excluding carboxylic acids is 1. The molecule has 0 aliphatic heterocycles. The Kier molecular flexibility index (Phi) is 3.46. The van der Waals surface area contributed by atoms with Gasteiger partial charge >= 0.3 is 5.97 Å². The predicted molar refractivity (Wildman–Crippen MR) is 69.2 cm³/mol. The van der Waals surface area contributed by atoms with Gasteiger partial charge < -0.3 is 10.4 Å². The van der Waals surface area contributed by atoms with E-state index >= 15 is 0 Å². The van der Waals surface area contributed by atoms with Crippen molar-refractivity contribution in [3.63, 3.8) is 0 Å². The Morgan fingerprint density at radius 3 is 2.67 bits per heavy atom. The molecule has 1 amide bonds. The summed E-state index contributed by atoms with van der Waals surface area (Å²) in [6, 6.07) is 5.44. The number of carboxylic acid groups (broad SMARTS) is 1. The predicted octanol–water partition coefficient (Wildman–Crippen LogP) is 2.44. The van der Waals surface area contributed by atoms with Crippen molar-refractivity contribution in [1.29, 1.82) is 0 Å². The number of anilines is 1. The summed E-state index contributed by atoms with van der Waals surface area (Å²) in [5.74, 6) is -0.721. The fraction of sp³-hybridized carbons (Fsp3) is 0.286. The summed E-state index contributed by atoms with van der Waals surface area (Å²) in [6.07, 6.45) is 4.58. The van der Waals surface area contributed by atoms with Crippen molar-refractivity contribution >= 4 is 23.6 Å². The topological polar surface area (TPSA) is 66.4 Å². The molecule has 0 heterocycles. The van der Waals surface area contributed by atoms with Gasteiger partial charge in [-0.15, -0.1) is 0 Å². The van der Waals surface area contributed by atoms with Crippen LogP contribution in [0.3, 0.4) is 0 Å². The Bertz CT molecular complexity index is 516. The molecular weight excluding hydrogens is 230 g/mol. The lowest BCUT2D eigenvalue weighted by Gasteiger charge is -2.08. The van der Waals surface area contributed by atoms with Crippen LogP contribution in [-0.4, -0.2) is 17.0 Å². The maximum absolute atomic E-state index is 11.6. The number of hydrogen-bond acceptors (Lipinski definition) is 2. The maximum atomic E-state index is 11.6. The van der Waals surface area contributed by atoms with E-state index in [9.17, 15) is 9.59 Å². The molecule has 1 aliphatic carbocycles. The van der Waals surface area contributed by atoms with E-state index < -0.39 is 5.97 Å². The highest BCUT2D eigenvalue weighted by molar-refractivity contribution is 5.94. The molecule has 0 bridgehead atoms. The number of nitrogens with one attached hydrogen (secondary N) is 1. The largest absolute Gasteiger partial charge is 0.478 e. The van der Waals surface area contributed by atoms with Crippen LogP contribution in [0.5, 0.6) is 0 Å². The molecule has 4 heteroatoms. The minimum atomic E-state index is -0.973. The van der Waals surface area contributed by atoms with Crippen LogP contribution in [0.4, 0.5) is 5.69 Å². The molecule has 94 valence electrons. The molecule has 4 nitrogen and oxygen atoms in total. The van der Waals surface area contributed by atoms with Gasteiger partial charge in [0.25, 0.3) is 0 Å². The second-order valence-electron chi connectivity index (χ2n) is 4.51. The Balaban J connectivity index is 2.09. The molecule has 1 aliphatic rings. The third kappa shape index (κ3) is 3.20. The summed E-state index contributed by atoms with van der Waals surface area (Å²) >= 11 is 0. The summed E-state index contributed by atoms with van der Waals surface area (Å²) in [6.45, 7) is 1.89. The second kappa shape index (κ2) is 5.04. The van der Waals surface area contributed by atoms with Gasteiger partial charge in [-0.1, -0.05) is 6.07 Å². The molecule has 0 atom stereocenters. The van der Waals surface area contributed by atoms with E-state index in [4.69, 9.17) is 5.11 Å². The molecule has 18 heavy (non-hydrogen) atoms. The van der Waals surface area contributed by atoms with Crippen LogP contribution in [0.25, 0.3) is 6.08 Å². The summed E-state index contributed by atoms with van der Waals surface area (Å²) in [5.41, 5.74) is 2.52. The third-order valence-electron chi connectivity index (χ3n) is 2.87. The van der Waals surface area contributed by atoms with Gasteiger partial charge in [0.05, 0.1) is 0 Å². The summed E-state index contributed by atoms with van der Waals surface area (Å²) in [7, 11) is 0. The van der Waals surface area contributed by atoms with Gasteiger partial charge in [0.15, 0.2) is 0 Å². The van der Waals surface area contributed by atoms with Crippen molar-refractivity contribution in [2.75, 3.05) is 5.32 Å². The van der Waals surface area contributed by atoms with Gasteiger partial charge in [-0.05, 0) is 49.1 Å². The first-order valence-corrected chi connectivity index (χ1v) is 5.89. The minimum Gasteiger partial charge on any atom is -0.478 e. The van der Waals surface area contributed by atoms with Gasteiger partial charge in [0, 0.05) is 17.7 Å². The lowest BCUT2D eigenvalue weighted by atomic mass is 10.1. The van der Waals surface area contributed by atoms with Crippen LogP contribution >= 0.6 is 0 Å². The molecule has 1 aromatic carbocycles. The van der Waals surface area contributed by atoms with Crippen molar-refractivity contribution in [3.8, 4) is 0 Å². The first-order chi connectivity index (χ1) is 8.56. The number of carbonyl (C=O) groups is 2. The average Bonchev–Trinajstić information content (AvgIpc) is 3.13. The molecular formula is C14H15NO3. The summed E-state index contributed by atoms with van der Waals surface area (Å²) in [4.78, 5) is 22.0. The Labute approximate surface area is 105 Å². The van der Waals surface area contributed by atoms with Gasteiger partial charge in [-0.25, -0.2) is 4.79 Å². The molecule has 0 unspecified atom stereocenters. The monoisotopic (exact) mass is 245 g/mol. The van der Waals surface area contributed by atoms with E-state index in [2.05, 4.69) is 5.32 Å². The number of benzene rings is 1. The van der Waals surface area contributed by atoms with Crippen molar-refractivity contribution in [2.45, 2.75) is 19.8 Å². The SMILES string of the molecule is Cc1cc(/C=C/C(=O)O)ccc1NC(=O)C1CC1. The van der Waals surface area contributed by atoms with Crippen LogP contribution in [0, 0.1) is 12.8 Å². The lowest BCUT2D eigenvalue weighted by Crippen LogP contribution is -2.14. The molecule has 2 rings (SSSR count). The fourth-order valence-electron chi connectivity index (χ4n) is 1.68. The normalized spacial score (nSPS) is 14.7. The van der Waals surface area contributed by atoms with Crippen LogP contribution < -0.4 is 5.32 Å². The van der Waals surface area contributed by atoms with Gasteiger partial charge in [0.1, 0.15) is 0 Å². The summed E-state index contributed by atoms with van der Waals surface area (Å²) < 4.78 is 0. The zero-order valence-corrected chi connectivity index (χ0v) is 10.1. The number of aliphatic carboxylic acids is 1. The van der Waals surface area contributed by atoms with E-state index in [1.54, 1.807) is 12.1 Å². The Hall–Kier alpha value is -2.10. The van der Waals surface area contributed by atoms with E-state index in [1.807, 2.05) is 13.0 Å². The molecule has 0 saturated heterocycles. The van der Waals surface area contributed by atoms with Crippen molar-refractivity contribution < 1.29 is 14.7 Å². The molecule has 0 spiro atoms. The van der Waals surface area contributed by atoms with Gasteiger partial charge in [-0.2, -0.15) is 0 Å². The van der Waals surface area contributed by atoms with Crippen LogP contribution in [-0.2, 0) is 9.59 Å². The van der Waals surface area contributed by atoms with Crippen molar-refractivity contribution in [2.24, 2.45) is 5.92 Å². The zero-order valence-electron chi connectivity index (χ0n) is 10.1. The van der Waals surface area contributed by atoms with E-state index in [0.717, 1.165) is 35.7 Å². The Morgan fingerprint density at radius 2 is 2.11 bits per heavy atom. The van der Waals surface area contributed by atoms with Crippen molar-refractivity contribution in [1.82, 2.24) is 0 Å². The highest BCUT2D eigenvalue weighted by Crippen LogP contribution is 2.30. The Morgan fingerprint density at radius 1 is 1.39 bits per heavy atom. The average molecular weight is 245 g/mol. The first-order valence-electron chi connectivity index (χ1n) is 5.89. The molecule has 1 aromatic rings. The molecule has 0 aromatic heterocycles. The molecule has 1 fully saturated rings. The number of carboxylic acids is 1. The van der Waals surface area contributed by atoms with E-state index in [1.165, 1.54) is 6.08 Å². The highest BCUT2D eigenvalue weighted by Gasteiger charge is 2.29.